The lowest BCUT2D eigenvalue weighted by Crippen LogP contribution is -2.36. The fraction of sp³-hybridized carbons (Fsp3) is 0.312. The van der Waals surface area contributed by atoms with Crippen molar-refractivity contribution in [3.63, 3.8) is 0 Å². The van der Waals surface area contributed by atoms with Crippen LogP contribution in [0.15, 0.2) is 41.8 Å². The molecule has 1 aliphatic rings. The standard InChI is InChI=1S/C16H17FN2OS2/c17-13-5-2-1-4-12(13)14-7-8-19(9-11-21-14)16(20)18-15-6-3-10-22-15/h1-6,10,14H,7-9,11H2,(H,18,20)/t14-/m1/s1. The van der Waals surface area contributed by atoms with Crippen molar-refractivity contribution < 1.29 is 9.18 Å². The molecule has 22 heavy (non-hydrogen) atoms. The van der Waals surface area contributed by atoms with E-state index in [1.165, 1.54) is 17.4 Å². The molecular formula is C16H17FN2OS2. The number of anilines is 1. The Labute approximate surface area is 137 Å². The summed E-state index contributed by atoms with van der Waals surface area (Å²) in [7, 11) is 0. The van der Waals surface area contributed by atoms with Crippen LogP contribution in [-0.2, 0) is 0 Å². The van der Waals surface area contributed by atoms with Gasteiger partial charge in [0.1, 0.15) is 5.82 Å². The zero-order valence-electron chi connectivity index (χ0n) is 12.0. The number of thiophene rings is 1. The smallest absolute Gasteiger partial charge is 0.322 e. The normalized spacial score (nSPS) is 18.8. The SMILES string of the molecule is O=C(Nc1cccs1)N1CCS[C@@H](c2ccccc2F)CC1. The van der Waals surface area contributed by atoms with Crippen molar-refractivity contribution in [2.45, 2.75) is 11.7 Å². The van der Waals surface area contributed by atoms with Gasteiger partial charge in [0, 0.05) is 29.7 Å². The third-order valence-electron chi connectivity index (χ3n) is 3.63. The van der Waals surface area contributed by atoms with Crippen molar-refractivity contribution in [2.24, 2.45) is 0 Å². The van der Waals surface area contributed by atoms with E-state index in [4.69, 9.17) is 0 Å². The molecule has 0 bridgehead atoms. The largest absolute Gasteiger partial charge is 0.324 e. The third kappa shape index (κ3) is 3.62. The van der Waals surface area contributed by atoms with Crippen LogP contribution >= 0.6 is 23.1 Å². The molecule has 1 aromatic heterocycles. The maximum Gasteiger partial charge on any atom is 0.322 e. The van der Waals surface area contributed by atoms with Gasteiger partial charge in [0.15, 0.2) is 0 Å². The lowest BCUT2D eigenvalue weighted by Gasteiger charge is -2.20. The summed E-state index contributed by atoms with van der Waals surface area (Å²) in [6.07, 6.45) is 0.767. The Morgan fingerprint density at radius 1 is 1.23 bits per heavy atom. The maximum absolute atomic E-state index is 13.9. The number of urea groups is 1. The first-order chi connectivity index (χ1) is 10.7. The predicted molar refractivity (Wildman–Crippen MR) is 91.1 cm³/mol. The lowest BCUT2D eigenvalue weighted by atomic mass is 10.1. The first kappa shape index (κ1) is 15.4. The molecule has 2 amide bonds. The number of amides is 2. The Morgan fingerprint density at radius 2 is 2.09 bits per heavy atom. The molecule has 1 saturated heterocycles. The summed E-state index contributed by atoms with van der Waals surface area (Å²) in [6, 6.07) is 10.6. The summed E-state index contributed by atoms with van der Waals surface area (Å²) >= 11 is 3.23. The number of nitrogens with zero attached hydrogens (tertiary/aromatic N) is 1. The average Bonchev–Trinajstić information content (AvgIpc) is 2.90. The number of hydrogen-bond acceptors (Lipinski definition) is 3. The van der Waals surface area contributed by atoms with E-state index in [9.17, 15) is 9.18 Å². The van der Waals surface area contributed by atoms with E-state index >= 15 is 0 Å². The van der Waals surface area contributed by atoms with Gasteiger partial charge in [-0.3, -0.25) is 5.32 Å². The van der Waals surface area contributed by atoms with E-state index in [0.29, 0.717) is 13.1 Å². The zero-order valence-corrected chi connectivity index (χ0v) is 13.6. The molecule has 0 unspecified atom stereocenters. The molecule has 0 aliphatic carbocycles. The molecule has 1 aromatic carbocycles. The monoisotopic (exact) mass is 336 g/mol. The molecule has 6 heteroatoms. The molecule has 1 fully saturated rings. The van der Waals surface area contributed by atoms with Crippen LogP contribution in [0.1, 0.15) is 17.2 Å². The summed E-state index contributed by atoms with van der Waals surface area (Å²) in [5.41, 5.74) is 0.744. The van der Waals surface area contributed by atoms with Gasteiger partial charge in [-0.15, -0.1) is 11.3 Å². The molecule has 0 spiro atoms. The second-order valence-corrected chi connectivity index (χ2v) is 7.32. The first-order valence-electron chi connectivity index (χ1n) is 7.19. The maximum atomic E-state index is 13.9. The summed E-state index contributed by atoms with van der Waals surface area (Å²) in [6.45, 7) is 1.33. The van der Waals surface area contributed by atoms with Crippen molar-refractivity contribution in [3.05, 3.63) is 53.2 Å². The van der Waals surface area contributed by atoms with Crippen molar-refractivity contribution in [2.75, 3.05) is 24.2 Å². The van der Waals surface area contributed by atoms with Crippen molar-refractivity contribution >= 4 is 34.1 Å². The molecule has 2 aromatic rings. The number of carbonyl (C=O) groups excluding carboxylic acids is 1. The van der Waals surface area contributed by atoms with Gasteiger partial charge in [-0.1, -0.05) is 18.2 Å². The van der Waals surface area contributed by atoms with E-state index in [-0.39, 0.29) is 17.1 Å². The van der Waals surface area contributed by atoms with Crippen LogP contribution < -0.4 is 5.32 Å². The van der Waals surface area contributed by atoms with Gasteiger partial charge in [0.2, 0.25) is 0 Å². The minimum atomic E-state index is -0.156. The van der Waals surface area contributed by atoms with Crippen LogP contribution in [0.4, 0.5) is 14.2 Å². The Kier molecular flexibility index (Phi) is 5.00. The third-order valence-corrected chi connectivity index (χ3v) is 5.73. The molecule has 1 atom stereocenters. The molecule has 2 heterocycles. The summed E-state index contributed by atoms with van der Waals surface area (Å²) in [5, 5.41) is 5.81. The molecular weight excluding hydrogens is 319 g/mol. The number of halogens is 1. The van der Waals surface area contributed by atoms with Gasteiger partial charge in [-0.25, -0.2) is 9.18 Å². The van der Waals surface area contributed by atoms with Crippen LogP contribution in [0.3, 0.4) is 0 Å². The van der Waals surface area contributed by atoms with Crippen LogP contribution in [0.5, 0.6) is 0 Å². The molecule has 0 radical (unpaired) electrons. The Balaban J connectivity index is 1.62. The Bertz CT molecular complexity index is 633. The minimum absolute atomic E-state index is 0.0720. The molecule has 1 aliphatic heterocycles. The van der Waals surface area contributed by atoms with E-state index in [2.05, 4.69) is 5.32 Å². The fourth-order valence-electron chi connectivity index (χ4n) is 2.49. The average molecular weight is 336 g/mol. The first-order valence-corrected chi connectivity index (χ1v) is 9.12. The van der Waals surface area contributed by atoms with Gasteiger partial charge >= 0.3 is 6.03 Å². The van der Waals surface area contributed by atoms with E-state index in [0.717, 1.165) is 22.7 Å². The van der Waals surface area contributed by atoms with Crippen LogP contribution in [-0.4, -0.2) is 29.8 Å². The summed E-state index contributed by atoms with van der Waals surface area (Å²) in [5.74, 6) is 0.660. The van der Waals surface area contributed by atoms with E-state index in [1.54, 1.807) is 17.8 Å². The van der Waals surface area contributed by atoms with Gasteiger partial charge in [0.25, 0.3) is 0 Å². The number of rotatable bonds is 2. The van der Waals surface area contributed by atoms with Gasteiger partial charge in [-0.2, -0.15) is 11.8 Å². The highest BCUT2D eigenvalue weighted by atomic mass is 32.2. The van der Waals surface area contributed by atoms with Crippen LogP contribution in [0, 0.1) is 5.82 Å². The number of nitrogens with one attached hydrogen (secondary N) is 1. The Hall–Kier alpha value is -1.53. The van der Waals surface area contributed by atoms with Crippen molar-refractivity contribution in [1.82, 2.24) is 4.90 Å². The molecule has 116 valence electrons. The van der Waals surface area contributed by atoms with E-state index in [1.807, 2.05) is 34.5 Å². The topological polar surface area (TPSA) is 32.3 Å². The second kappa shape index (κ2) is 7.15. The van der Waals surface area contributed by atoms with Crippen molar-refractivity contribution in [1.29, 1.82) is 0 Å². The quantitative estimate of drug-likeness (QED) is 0.869. The molecule has 0 saturated carbocycles. The number of thioether (sulfide) groups is 1. The molecule has 3 nitrogen and oxygen atoms in total. The van der Waals surface area contributed by atoms with Crippen LogP contribution in [0.25, 0.3) is 0 Å². The number of carbonyl (C=O) groups is 1. The molecule has 3 rings (SSSR count). The highest BCUT2D eigenvalue weighted by Gasteiger charge is 2.23. The summed E-state index contributed by atoms with van der Waals surface area (Å²) < 4.78 is 13.9. The van der Waals surface area contributed by atoms with Gasteiger partial charge in [0.05, 0.1) is 5.00 Å². The zero-order chi connectivity index (χ0) is 15.4. The lowest BCUT2D eigenvalue weighted by molar-refractivity contribution is 0.215. The second-order valence-electron chi connectivity index (χ2n) is 5.06. The Morgan fingerprint density at radius 3 is 2.86 bits per heavy atom. The highest BCUT2D eigenvalue weighted by Crippen LogP contribution is 2.35. The molecule has 1 N–H and O–H groups in total. The number of hydrogen-bond donors (Lipinski definition) is 1. The number of benzene rings is 1. The van der Waals surface area contributed by atoms with E-state index < -0.39 is 0 Å². The minimum Gasteiger partial charge on any atom is -0.324 e. The summed E-state index contributed by atoms with van der Waals surface area (Å²) in [4.78, 5) is 14.1. The van der Waals surface area contributed by atoms with Crippen molar-refractivity contribution in [3.8, 4) is 0 Å². The van der Waals surface area contributed by atoms with Gasteiger partial charge < -0.3 is 4.90 Å². The highest BCUT2D eigenvalue weighted by molar-refractivity contribution is 7.99. The van der Waals surface area contributed by atoms with Gasteiger partial charge in [-0.05, 0) is 30.0 Å². The fourth-order valence-corrected chi connectivity index (χ4v) is 4.35. The predicted octanol–water partition coefficient (Wildman–Crippen LogP) is 4.60. The van der Waals surface area contributed by atoms with Crippen LogP contribution in [0.2, 0.25) is 0 Å².